The number of halogens is 1. The zero-order valence-electron chi connectivity index (χ0n) is 20.1. The molecular formula is C25H35ClN4O4S. The summed E-state index contributed by atoms with van der Waals surface area (Å²) in [5.41, 5.74) is 7.57. The Balaban J connectivity index is 0.00000432. The minimum Gasteiger partial charge on any atom is -0.350 e. The topological polar surface area (TPSA) is 122 Å². The van der Waals surface area contributed by atoms with E-state index in [2.05, 4.69) is 10.0 Å². The van der Waals surface area contributed by atoms with Crippen LogP contribution in [-0.4, -0.2) is 43.8 Å². The fourth-order valence-electron chi connectivity index (χ4n) is 4.13. The van der Waals surface area contributed by atoms with E-state index in [0.29, 0.717) is 38.9 Å². The van der Waals surface area contributed by atoms with Crippen LogP contribution in [0.5, 0.6) is 0 Å². The number of benzene rings is 2. The van der Waals surface area contributed by atoms with Gasteiger partial charge in [-0.2, -0.15) is 4.72 Å². The van der Waals surface area contributed by atoms with Crippen LogP contribution in [0.1, 0.15) is 44.2 Å². The molecule has 4 N–H and O–H groups in total. The van der Waals surface area contributed by atoms with E-state index in [1.54, 1.807) is 18.2 Å². The Bertz CT molecular complexity index is 1080. The predicted molar refractivity (Wildman–Crippen MR) is 138 cm³/mol. The quantitative estimate of drug-likeness (QED) is 0.442. The van der Waals surface area contributed by atoms with Crippen molar-refractivity contribution in [2.24, 2.45) is 11.7 Å². The molecule has 10 heteroatoms. The molecule has 0 bridgehead atoms. The molecule has 0 aliphatic carbocycles. The van der Waals surface area contributed by atoms with Crippen molar-refractivity contribution in [1.29, 1.82) is 0 Å². The smallest absolute Gasteiger partial charge is 0.243 e. The van der Waals surface area contributed by atoms with Gasteiger partial charge in [0.1, 0.15) is 12.1 Å². The van der Waals surface area contributed by atoms with Gasteiger partial charge in [-0.3, -0.25) is 9.59 Å². The lowest BCUT2D eigenvalue weighted by molar-refractivity contribution is -0.140. The molecule has 1 heterocycles. The van der Waals surface area contributed by atoms with Crippen LogP contribution in [0.25, 0.3) is 0 Å². The van der Waals surface area contributed by atoms with Crippen molar-refractivity contribution in [3.8, 4) is 0 Å². The van der Waals surface area contributed by atoms with Gasteiger partial charge in [0.2, 0.25) is 21.8 Å². The number of carbonyl (C=O) groups excluding carboxylic acids is 2. The molecule has 1 aliphatic heterocycles. The number of carbonyl (C=O) groups is 2. The first-order chi connectivity index (χ1) is 16.2. The molecule has 2 atom stereocenters. The third kappa shape index (κ3) is 7.76. The number of hydrogen-bond acceptors (Lipinski definition) is 5. The van der Waals surface area contributed by atoms with E-state index >= 15 is 0 Å². The van der Waals surface area contributed by atoms with E-state index in [-0.39, 0.29) is 35.0 Å². The van der Waals surface area contributed by atoms with Crippen molar-refractivity contribution in [2.75, 3.05) is 6.54 Å². The van der Waals surface area contributed by atoms with E-state index in [1.807, 2.05) is 38.1 Å². The summed E-state index contributed by atoms with van der Waals surface area (Å²) in [6, 6.07) is 14.1. The zero-order valence-corrected chi connectivity index (χ0v) is 21.8. The van der Waals surface area contributed by atoms with Gasteiger partial charge in [0.25, 0.3) is 0 Å². The van der Waals surface area contributed by atoms with Crippen LogP contribution in [0, 0.1) is 5.92 Å². The van der Waals surface area contributed by atoms with Crippen molar-refractivity contribution in [3.05, 3.63) is 65.7 Å². The van der Waals surface area contributed by atoms with Gasteiger partial charge in [-0.05, 0) is 48.4 Å². The van der Waals surface area contributed by atoms with Crippen LogP contribution in [-0.2, 0) is 32.7 Å². The molecule has 192 valence electrons. The molecule has 1 fully saturated rings. The summed E-state index contributed by atoms with van der Waals surface area (Å²) >= 11 is 0. The summed E-state index contributed by atoms with van der Waals surface area (Å²) in [4.78, 5) is 28.0. The monoisotopic (exact) mass is 522 g/mol. The summed E-state index contributed by atoms with van der Waals surface area (Å²) in [6.07, 6.45) is 1.57. The molecule has 1 saturated heterocycles. The number of likely N-dealkylation sites (tertiary alicyclic amines) is 1. The lowest BCUT2D eigenvalue weighted by Crippen LogP contribution is -2.53. The second kappa shape index (κ2) is 13.0. The molecule has 0 aromatic heterocycles. The van der Waals surface area contributed by atoms with Crippen LogP contribution < -0.4 is 15.8 Å². The van der Waals surface area contributed by atoms with Crippen molar-refractivity contribution >= 4 is 34.2 Å². The maximum Gasteiger partial charge on any atom is 0.243 e. The maximum atomic E-state index is 13.5. The Labute approximate surface area is 214 Å². The van der Waals surface area contributed by atoms with Gasteiger partial charge in [0.05, 0.1) is 4.90 Å². The van der Waals surface area contributed by atoms with Gasteiger partial charge in [-0.25, -0.2) is 8.42 Å². The minimum atomic E-state index is -3.88. The number of rotatable bonds is 10. The molecule has 3 rings (SSSR count). The van der Waals surface area contributed by atoms with Crippen LogP contribution in [0.4, 0.5) is 0 Å². The van der Waals surface area contributed by atoms with Gasteiger partial charge < -0.3 is 16.0 Å². The average molecular weight is 523 g/mol. The minimum absolute atomic E-state index is 0. The van der Waals surface area contributed by atoms with Crippen LogP contribution in [0.3, 0.4) is 0 Å². The number of nitrogens with two attached hydrogens (primary N) is 1. The second-order valence-corrected chi connectivity index (χ2v) is 10.8. The van der Waals surface area contributed by atoms with Crippen LogP contribution >= 0.6 is 12.4 Å². The van der Waals surface area contributed by atoms with E-state index in [9.17, 15) is 18.0 Å². The van der Waals surface area contributed by atoms with Crippen LogP contribution in [0.15, 0.2) is 59.5 Å². The number of amides is 2. The zero-order chi connectivity index (χ0) is 24.7. The molecular weight excluding hydrogens is 488 g/mol. The molecule has 8 nitrogen and oxygen atoms in total. The highest BCUT2D eigenvalue weighted by Gasteiger charge is 2.38. The SMILES string of the molecule is CC(C)C[C@@H](NS(=O)(=O)c1ccccc1)C(=O)N1CCC[C@H]1C(=O)NCc1ccc(CN)cc1.Cl. The van der Waals surface area contributed by atoms with E-state index in [4.69, 9.17) is 5.73 Å². The lowest BCUT2D eigenvalue weighted by atomic mass is 10.0. The fourth-order valence-corrected chi connectivity index (χ4v) is 5.35. The highest BCUT2D eigenvalue weighted by atomic mass is 35.5. The Kier molecular flexibility index (Phi) is 10.7. The van der Waals surface area contributed by atoms with E-state index in [0.717, 1.165) is 11.1 Å². The van der Waals surface area contributed by atoms with Crippen molar-refractivity contribution in [3.63, 3.8) is 0 Å². The van der Waals surface area contributed by atoms with E-state index < -0.39 is 22.1 Å². The van der Waals surface area contributed by atoms with Gasteiger partial charge in [0.15, 0.2) is 0 Å². The lowest BCUT2D eigenvalue weighted by Gasteiger charge is -2.29. The van der Waals surface area contributed by atoms with E-state index in [1.165, 1.54) is 17.0 Å². The van der Waals surface area contributed by atoms with Gasteiger partial charge in [0, 0.05) is 19.6 Å². The third-order valence-electron chi connectivity index (χ3n) is 5.92. The Morgan fingerprint density at radius 2 is 1.69 bits per heavy atom. The fraction of sp³-hybridized carbons (Fsp3) is 0.440. The molecule has 0 unspecified atom stereocenters. The normalized spacial score (nSPS) is 16.6. The molecule has 2 amide bonds. The van der Waals surface area contributed by atoms with Crippen molar-refractivity contribution in [2.45, 2.75) is 63.2 Å². The highest BCUT2D eigenvalue weighted by molar-refractivity contribution is 7.89. The summed E-state index contributed by atoms with van der Waals surface area (Å²) in [7, 11) is -3.88. The summed E-state index contributed by atoms with van der Waals surface area (Å²) in [5, 5.41) is 2.91. The number of sulfonamides is 1. The Morgan fingerprint density at radius 3 is 2.29 bits per heavy atom. The Hall–Kier alpha value is -2.46. The standard InChI is InChI=1S/C25H34N4O4S.ClH/c1-18(2)15-22(28-34(32,33)21-7-4-3-5-8-21)25(31)29-14-6-9-23(29)24(30)27-17-20-12-10-19(16-26)11-13-20;/h3-5,7-8,10-13,18,22-23,28H,6,9,14-17,26H2,1-2H3,(H,27,30);1H/t22-,23+;/m1./s1. The Morgan fingerprint density at radius 1 is 1.06 bits per heavy atom. The predicted octanol–water partition coefficient (Wildman–Crippen LogP) is 2.57. The summed E-state index contributed by atoms with van der Waals surface area (Å²) in [6.45, 7) is 5.09. The molecule has 35 heavy (non-hydrogen) atoms. The third-order valence-corrected chi connectivity index (χ3v) is 7.41. The first kappa shape index (κ1) is 28.8. The first-order valence-electron chi connectivity index (χ1n) is 11.6. The van der Waals surface area contributed by atoms with Crippen molar-refractivity contribution < 1.29 is 18.0 Å². The largest absolute Gasteiger partial charge is 0.350 e. The van der Waals surface area contributed by atoms with Gasteiger partial charge in [-0.15, -0.1) is 12.4 Å². The van der Waals surface area contributed by atoms with Gasteiger partial charge in [-0.1, -0.05) is 56.3 Å². The second-order valence-electron chi connectivity index (χ2n) is 9.04. The summed E-state index contributed by atoms with van der Waals surface area (Å²) < 4.78 is 28.4. The average Bonchev–Trinajstić information content (AvgIpc) is 3.32. The number of nitrogens with one attached hydrogen (secondary N) is 2. The number of hydrogen-bond donors (Lipinski definition) is 3. The number of nitrogens with zero attached hydrogens (tertiary/aromatic N) is 1. The molecule has 2 aromatic carbocycles. The first-order valence-corrected chi connectivity index (χ1v) is 13.1. The molecule has 0 saturated carbocycles. The molecule has 0 radical (unpaired) electrons. The van der Waals surface area contributed by atoms with Crippen LogP contribution in [0.2, 0.25) is 0 Å². The molecule has 0 spiro atoms. The molecule has 1 aliphatic rings. The van der Waals surface area contributed by atoms with Gasteiger partial charge >= 0.3 is 0 Å². The summed E-state index contributed by atoms with van der Waals surface area (Å²) in [5.74, 6) is -0.514. The maximum absolute atomic E-state index is 13.5. The highest BCUT2D eigenvalue weighted by Crippen LogP contribution is 2.22. The van der Waals surface area contributed by atoms with Crippen molar-refractivity contribution in [1.82, 2.24) is 14.9 Å². The molecule has 2 aromatic rings.